The van der Waals surface area contributed by atoms with Crippen molar-refractivity contribution in [3.05, 3.63) is 0 Å². The first-order valence-electron chi connectivity index (χ1n) is 4.97. The molecule has 78 valence electrons. The van der Waals surface area contributed by atoms with Crippen LogP contribution in [0, 0.1) is 0 Å². The Labute approximate surface area is 87.7 Å². The van der Waals surface area contributed by atoms with Crippen molar-refractivity contribution in [3.8, 4) is 0 Å². The molecule has 0 aliphatic heterocycles. The molecule has 13 heavy (non-hydrogen) atoms. The SMILES string of the molecule is CCCNC(=S)N(C)C(C)(C)CC. The fourth-order valence-corrected chi connectivity index (χ4v) is 1.21. The van der Waals surface area contributed by atoms with Gasteiger partial charge >= 0.3 is 0 Å². The van der Waals surface area contributed by atoms with Gasteiger partial charge in [0.15, 0.2) is 5.11 Å². The highest BCUT2D eigenvalue weighted by molar-refractivity contribution is 7.80. The van der Waals surface area contributed by atoms with Gasteiger partial charge in [-0.15, -0.1) is 0 Å². The highest BCUT2D eigenvalue weighted by Gasteiger charge is 2.22. The molecule has 0 bridgehead atoms. The van der Waals surface area contributed by atoms with Gasteiger partial charge in [-0.25, -0.2) is 0 Å². The fourth-order valence-electron chi connectivity index (χ4n) is 0.863. The molecular formula is C10H22N2S. The lowest BCUT2D eigenvalue weighted by Gasteiger charge is -2.36. The van der Waals surface area contributed by atoms with Crippen LogP contribution in [0.5, 0.6) is 0 Å². The summed E-state index contributed by atoms with van der Waals surface area (Å²) in [5, 5.41) is 4.09. The van der Waals surface area contributed by atoms with Crippen LogP contribution in [0.1, 0.15) is 40.5 Å². The van der Waals surface area contributed by atoms with Gasteiger partial charge in [0, 0.05) is 19.1 Å². The molecule has 0 aliphatic carbocycles. The second kappa shape index (κ2) is 5.43. The molecule has 3 heteroatoms. The number of hydrogen-bond acceptors (Lipinski definition) is 1. The molecule has 0 rings (SSSR count). The molecule has 0 heterocycles. The van der Waals surface area contributed by atoms with Gasteiger partial charge in [0.1, 0.15) is 0 Å². The Balaban J connectivity index is 4.09. The topological polar surface area (TPSA) is 15.3 Å². The average Bonchev–Trinajstić information content (AvgIpc) is 2.12. The third-order valence-electron chi connectivity index (χ3n) is 2.60. The summed E-state index contributed by atoms with van der Waals surface area (Å²) < 4.78 is 0. The third kappa shape index (κ3) is 3.94. The lowest BCUT2D eigenvalue weighted by Crippen LogP contribution is -2.49. The fraction of sp³-hybridized carbons (Fsp3) is 0.900. The minimum Gasteiger partial charge on any atom is -0.363 e. The molecule has 0 aromatic rings. The van der Waals surface area contributed by atoms with E-state index in [0.29, 0.717) is 0 Å². The van der Waals surface area contributed by atoms with Crippen molar-refractivity contribution in [2.24, 2.45) is 0 Å². The summed E-state index contributed by atoms with van der Waals surface area (Å²) >= 11 is 5.27. The van der Waals surface area contributed by atoms with Gasteiger partial charge in [-0.3, -0.25) is 0 Å². The maximum atomic E-state index is 5.27. The molecule has 0 spiro atoms. The molecule has 0 aromatic heterocycles. The second-order valence-electron chi connectivity index (χ2n) is 3.96. The lowest BCUT2D eigenvalue weighted by atomic mass is 10.0. The summed E-state index contributed by atoms with van der Waals surface area (Å²) in [4.78, 5) is 2.14. The van der Waals surface area contributed by atoms with Crippen LogP contribution >= 0.6 is 12.2 Å². The number of hydrogen-bond donors (Lipinski definition) is 1. The minimum absolute atomic E-state index is 0.151. The minimum atomic E-state index is 0.151. The second-order valence-corrected chi connectivity index (χ2v) is 4.34. The Morgan fingerprint density at radius 1 is 1.38 bits per heavy atom. The van der Waals surface area contributed by atoms with E-state index in [0.717, 1.165) is 24.5 Å². The Hall–Kier alpha value is -0.310. The third-order valence-corrected chi connectivity index (χ3v) is 3.02. The van der Waals surface area contributed by atoms with Gasteiger partial charge in [-0.2, -0.15) is 0 Å². The van der Waals surface area contributed by atoms with E-state index in [1.165, 1.54) is 0 Å². The molecule has 0 aliphatic rings. The zero-order valence-electron chi connectivity index (χ0n) is 9.48. The molecule has 0 radical (unpaired) electrons. The largest absolute Gasteiger partial charge is 0.363 e. The first-order valence-corrected chi connectivity index (χ1v) is 5.38. The number of nitrogens with zero attached hydrogens (tertiary/aromatic N) is 1. The van der Waals surface area contributed by atoms with Crippen molar-refractivity contribution in [2.75, 3.05) is 13.6 Å². The van der Waals surface area contributed by atoms with E-state index >= 15 is 0 Å². The number of rotatable bonds is 4. The Morgan fingerprint density at radius 3 is 2.31 bits per heavy atom. The summed E-state index contributed by atoms with van der Waals surface area (Å²) in [6.45, 7) is 9.68. The van der Waals surface area contributed by atoms with Gasteiger partial charge in [0.2, 0.25) is 0 Å². The summed E-state index contributed by atoms with van der Waals surface area (Å²) in [7, 11) is 2.05. The Morgan fingerprint density at radius 2 is 1.92 bits per heavy atom. The Bertz CT molecular complexity index is 166. The van der Waals surface area contributed by atoms with Gasteiger partial charge < -0.3 is 10.2 Å². The van der Waals surface area contributed by atoms with E-state index in [9.17, 15) is 0 Å². The zero-order chi connectivity index (χ0) is 10.5. The van der Waals surface area contributed by atoms with Crippen LogP contribution in [0.4, 0.5) is 0 Å². The van der Waals surface area contributed by atoms with Gasteiger partial charge in [-0.05, 0) is 38.9 Å². The van der Waals surface area contributed by atoms with Crippen LogP contribution in [0.15, 0.2) is 0 Å². The smallest absolute Gasteiger partial charge is 0.169 e. The van der Waals surface area contributed by atoms with Crippen molar-refractivity contribution in [1.29, 1.82) is 0 Å². The van der Waals surface area contributed by atoms with Gasteiger partial charge in [0.25, 0.3) is 0 Å². The summed E-state index contributed by atoms with van der Waals surface area (Å²) in [6.07, 6.45) is 2.21. The molecule has 1 N–H and O–H groups in total. The molecule has 0 amide bonds. The van der Waals surface area contributed by atoms with E-state index in [1.807, 2.05) is 0 Å². The number of nitrogens with one attached hydrogen (secondary N) is 1. The highest BCUT2D eigenvalue weighted by Crippen LogP contribution is 2.16. The van der Waals surface area contributed by atoms with Crippen molar-refractivity contribution >= 4 is 17.3 Å². The summed E-state index contributed by atoms with van der Waals surface area (Å²) in [5.41, 5.74) is 0.151. The van der Waals surface area contributed by atoms with E-state index in [4.69, 9.17) is 12.2 Å². The van der Waals surface area contributed by atoms with Crippen LogP contribution < -0.4 is 5.32 Å². The molecule has 2 nitrogen and oxygen atoms in total. The Kier molecular flexibility index (Phi) is 5.30. The van der Waals surface area contributed by atoms with Crippen molar-refractivity contribution < 1.29 is 0 Å². The van der Waals surface area contributed by atoms with Crippen LogP contribution in [0.25, 0.3) is 0 Å². The molecule has 0 saturated carbocycles. The van der Waals surface area contributed by atoms with Crippen LogP contribution in [0.3, 0.4) is 0 Å². The van der Waals surface area contributed by atoms with E-state index in [2.05, 4.69) is 45.0 Å². The first-order chi connectivity index (χ1) is 5.95. The van der Waals surface area contributed by atoms with Crippen LogP contribution in [-0.2, 0) is 0 Å². The van der Waals surface area contributed by atoms with E-state index < -0.39 is 0 Å². The monoisotopic (exact) mass is 202 g/mol. The van der Waals surface area contributed by atoms with E-state index in [-0.39, 0.29) is 5.54 Å². The maximum absolute atomic E-state index is 5.27. The van der Waals surface area contributed by atoms with Crippen LogP contribution in [-0.4, -0.2) is 29.1 Å². The quantitative estimate of drug-likeness (QED) is 0.705. The van der Waals surface area contributed by atoms with Crippen LogP contribution in [0.2, 0.25) is 0 Å². The predicted molar refractivity (Wildman–Crippen MR) is 63.0 cm³/mol. The van der Waals surface area contributed by atoms with Crippen molar-refractivity contribution in [2.45, 2.75) is 46.1 Å². The maximum Gasteiger partial charge on any atom is 0.169 e. The average molecular weight is 202 g/mol. The molecule has 0 aromatic carbocycles. The molecule has 0 saturated heterocycles. The van der Waals surface area contributed by atoms with Crippen molar-refractivity contribution in [1.82, 2.24) is 10.2 Å². The van der Waals surface area contributed by atoms with E-state index in [1.54, 1.807) is 0 Å². The summed E-state index contributed by atoms with van der Waals surface area (Å²) in [6, 6.07) is 0. The van der Waals surface area contributed by atoms with Gasteiger partial charge in [0.05, 0.1) is 0 Å². The normalized spacial score (nSPS) is 11.2. The molecule has 0 fully saturated rings. The van der Waals surface area contributed by atoms with Gasteiger partial charge in [-0.1, -0.05) is 13.8 Å². The number of thiocarbonyl (C=S) groups is 1. The summed E-state index contributed by atoms with van der Waals surface area (Å²) in [5.74, 6) is 0. The van der Waals surface area contributed by atoms with Crippen molar-refractivity contribution in [3.63, 3.8) is 0 Å². The molecule has 0 atom stereocenters. The molecular weight excluding hydrogens is 180 g/mol. The molecule has 0 unspecified atom stereocenters. The first kappa shape index (κ1) is 12.7. The zero-order valence-corrected chi connectivity index (χ0v) is 10.3. The lowest BCUT2D eigenvalue weighted by molar-refractivity contribution is 0.243. The highest BCUT2D eigenvalue weighted by atomic mass is 32.1. The standard InChI is InChI=1S/C10H22N2S/c1-6-8-11-9(13)12(5)10(3,4)7-2/h6-8H2,1-5H3,(H,11,13). The predicted octanol–water partition coefficient (Wildman–Crippen LogP) is 2.39.